The van der Waals surface area contributed by atoms with E-state index < -0.39 is 0 Å². The number of nitrogens with one attached hydrogen (secondary N) is 1. The molecule has 0 aromatic carbocycles. The van der Waals surface area contributed by atoms with Crippen molar-refractivity contribution < 1.29 is 4.79 Å². The molecule has 5 nitrogen and oxygen atoms in total. The van der Waals surface area contributed by atoms with E-state index in [9.17, 15) is 9.59 Å². The molecule has 0 atom stereocenters. The van der Waals surface area contributed by atoms with Crippen molar-refractivity contribution in [3.8, 4) is 0 Å². The molecule has 0 bridgehead atoms. The van der Waals surface area contributed by atoms with Crippen LogP contribution in [0, 0.1) is 12.8 Å². The van der Waals surface area contributed by atoms with Crippen molar-refractivity contribution in [1.82, 2.24) is 15.1 Å². The highest BCUT2D eigenvalue weighted by Crippen LogP contribution is 2.29. The third-order valence-electron chi connectivity index (χ3n) is 4.82. The number of carbonyl (C=O) groups excluding carboxylic acids is 1. The highest BCUT2D eigenvalue weighted by Gasteiger charge is 2.29. The van der Waals surface area contributed by atoms with Crippen LogP contribution < -0.4 is 10.9 Å². The smallest absolute Gasteiger partial charge is 0.267 e. The summed E-state index contributed by atoms with van der Waals surface area (Å²) < 4.78 is 1.62. The van der Waals surface area contributed by atoms with E-state index in [-0.39, 0.29) is 29.5 Å². The van der Waals surface area contributed by atoms with Crippen LogP contribution in [-0.4, -0.2) is 21.7 Å². The van der Waals surface area contributed by atoms with Crippen LogP contribution in [-0.2, 0) is 4.79 Å². The molecular formula is C16H23N3O2. The average Bonchev–Trinajstić information content (AvgIpc) is 2.40. The van der Waals surface area contributed by atoms with Crippen molar-refractivity contribution in [1.29, 1.82) is 0 Å². The van der Waals surface area contributed by atoms with Gasteiger partial charge in [-0.2, -0.15) is 5.10 Å². The minimum atomic E-state index is -0.0254. The summed E-state index contributed by atoms with van der Waals surface area (Å²) in [5, 5.41) is 7.52. The fraction of sp³-hybridized carbons (Fsp3) is 0.688. The van der Waals surface area contributed by atoms with Gasteiger partial charge in [0.2, 0.25) is 5.91 Å². The minimum Gasteiger partial charge on any atom is -0.353 e. The van der Waals surface area contributed by atoms with Gasteiger partial charge in [0, 0.05) is 18.0 Å². The Balaban J connectivity index is 1.56. The Kier molecular flexibility index (Phi) is 4.08. The van der Waals surface area contributed by atoms with Crippen LogP contribution in [0.5, 0.6) is 0 Å². The second-order valence-corrected chi connectivity index (χ2v) is 6.40. The predicted molar refractivity (Wildman–Crippen MR) is 80.0 cm³/mol. The first-order valence-electron chi connectivity index (χ1n) is 8.00. The van der Waals surface area contributed by atoms with Crippen LogP contribution in [0.1, 0.15) is 56.7 Å². The molecule has 1 aromatic rings. The maximum Gasteiger partial charge on any atom is 0.267 e. The largest absolute Gasteiger partial charge is 0.353 e. The number of aryl methyl sites for hydroxylation is 1. The summed E-state index contributed by atoms with van der Waals surface area (Å²) in [5.74, 6) is 0.485. The van der Waals surface area contributed by atoms with E-state index in [0.717, 1.165) is 44.2 Å². The van der Waals surface area contributed by atoms with Gasteiger partial charge in [-0.15, -0.1) is 0 Å². The molecule has 1 aromatic heterocycles. The van der Waals surface area contributed by atoms with Crippen molar-refractivity contribution >= 4 is 5.91 Å². The fourth-order valence-electron chi connectivity index (χ4n) is 3.24. The lowest BCUT2D eigenvalue weighted by atomic mass is 9.84. The zero-order chi connectivity index (χ0) is 14.8. The van der Waals surface area contributed by atoms with E-state index in [2.05, 4.69) is 10.4 Å². The second-order valence-electron chi connectivity index (χ2n) is 6.40. The lowest BCUT2D eigenvalue weighted by Gasteiger charge is -2.32. The Morgan fingerprint density at radius 1 is 1.19 bits per heavy atom. The molecule has 3 rings (SSSR count). The standard InChI is InChI=1S/C16H23N3O2/c1-11-5-10-15(20)19(18-11)14-8-6-13(7-9-14)17-16(21)12-3-2-4-12/h5,10,12-14H,2-4,6-9H2,1H3,(H,17,21). The Morgan fingerprint density at radius 2 is 1.90 bits per heavy atom. The van der Waals surface area contributed by atoms with Gasteiger partial charge in [0.1, 0.15) is 0 Å². The highest BCUT2D eigenvalue weighted by atomic mass is 16.2. The number of carbonyl (C=O) groups is 1. The van der Waals surface area contributed by atoms with Crippen molar-refractivity contribution in [2.75, 3.05) is 0 Å². The van der Waals surface area contributed by atoms with Crippen LogP contribution in [0.15, 0.2) is 16.9 Å². The number of hydrogen-bond acceptors (Lipinski definition) is 3. The third-order valence-corrected chi connectivity index (χ3v) is 4.82. The molecule has 114 valence electrons. The summed E-state index contributed by atoms with van der Waals surface area (Å²) in [6.07, 6.45) is 6.97. The van der Waals surface area contributed by atoms with Crippen LogP contribution >= 0.6 is 0 Å². The minimum absolute atomic E-state index is 0.0254. The molecular weight excluding hydrogens is 266 g/mol. The molecule has 0 aliphatic heterocycles. The van der Waals surface area contributed by atoms with Gasteiger partial charge in [0.05, 0.1) is 11.7 Å². The Labute approximate surface area is 124 Å². The van der Waals surface area contributed by atoms with Gasteiger partial charge in [0.15, 0.2) is 0 Å². The summed E-state index contributed by atoms with van der Waals surface area (Å²) in [7, 11) is 0. The fourth-order valence-corrected chi connectivity index (χ4v) is 3.24. The molecule has 2 aliphatic carbocycles. The summed E-state index contributed by atoms with van der Waals surface area (Å²) >= 11 is 0. The molecule has 0 saturated heterocycles. The molecule has 1 amide bonds. The number of rotatable bonds is 3. The first-order chi connectivity index (χ1) is 10.1. The lowest BCUT2D eigenvalue weighted by molar-refractivity contribution is -0.128. The van der Waals surface area contributed by atoms with Crippen molar-refractivity contribution in [3.63, 3.8) is 0 Å². The summed E-state index contributed by atoms with van der Waals surface area (Å²) in [5.41, 5.74) is 0.845. The maximum atomic E-state index is 12.0. The van der Waals surface area contributed by atoms with E-state index in [4.69, 9.17) is 0 Å². The third kappa shape index (κ3) is 3.17. The van der Waals surface area contributed by atoms with Crippen molar-refractivity contribution in [3.05, 3.63) is 28.2 Å². The van der Waals surface area contributed by atoms with E-state index >= 15 is 0 Å². The zero-order valence-corrected chi connectivity index (χ0v) is 12.5. The predicted octanol–water partition coefficient (Wildman–Crippen LogP) is 1.95. The van der Waals surface area contributed by atoms with Gasteiger partial charge in [-0.05, 0) is 51.5 Å². The Morgan fingerprint density at radius 3 is 2.52 bits per heavy atom. The quantitative estimate of drug-likeness (QED) is 0.925. The molecule has 5 heteroatoms. The van der Waals surface area contributed by atoms with Crippen molar-refractivity contribution in [2.24, 2.45) is 5.92 Å². The molecule has 2 fully saturated rings. The van der Waals surface area contributed by atoms with E-state index in [1.807, 2.05) is 6.92 Å². The molecule has 1 heterocycles. The van der Waals surface area contributed by atoms with Gasteiger partial charge in [-0.25, -0.2) is 4.68 Å². The lowest BCUT2D eigenvalue weighted by Crippen LogP contribution is -2.43. The first-order valence-corrected chi connectivity index (χ1v) is 8.00. The van der Waals surface area contributed by atoms with E-state index in [1.54, 1.807) is 16.8 Å². The molecule has 2 saturated carbocycles. The van der Waals surface area contributed by atoms with Gasteiger partial charge in [-0.1, -0.05) is 6.42 Å². The van der Waals surface area contributed by atoms with Gasteiger partial charge in [0.25, 0.3) is 5.56 Å². The molecule has 0 unspecified atom stereocenters. The summed E-state index contributed by atoms with van der Waals surface area (Å²) in [6.45, 7) is 1.90. The first kappa shape index (κ1) is 14.3. The highest BCUT2D eigenvalue weighted by molar-refractivity contribution is 5.79. The average molecular weight is 289 g/mol. The summed E-state index contributed by atoms with van der Waals surface area (Å²) in [4.78, 5) is 23.9. The number of nitrogens with zero attached hydrogens (tertiary/aromatic N) is 2. The van der Waals surface area contributed by atoms with Crippen LogP contribution in [0.2, 0.25) is 0 Å². The number of hydrogen-bond donors (Lipinski definition) is 1. The van der Waals surface area contributed by atoms with Crippen molar-refractivity contribution in [2.45, 2.75) is 64.0 Å². The van der Waals surface area contributed by atoms with Crippen LogP contribution in [0.3, 0.4) is 0 Å². The van der Waals surface area contributed by atoms with Crippen LogP contribution in [0.25, 0.3) is 0 Å². The monoisotopic (exact) mass is 289 g/mol. The zero-order valence-electron chi connectivity index (χ0n) is 12.5. The SMILES string of the molecule is Cc1ccc(=O)n(C2CCC(NC(=O)C3CCC3)CC2)n1. The molecule has 0 spiro atoms. The summed E-state index contributed by atoms with van der Waals surface area (Å²) in [6, 6.07) is 3.79. The van der Waals surface area contributed by atoms with Gasteiger partial charge >= 0.3 is 0 Å². The maximum absolute atomic E-state index is 12.0. The molecule has 0 radical (unpaired) electrons. The normalized spacial score (nSPS) is 26.1. The van der Waals surface area contributed by atoms with E-state index in [1.165, 1.54) is 6.42 Å². The molecule has 21 heavy (non-hydrogen) atoms. The van der Waals surface area contributed by atoms with Gasteiger partial charge < -0.3 is 5.32 Å². The van der Waals surface area contributed by atoms with Crippen LogP contribution in [0.4, 0.5) is 0 Å². The molecule has 2 aliphatic rings. The topological polar surface area (TPSA) is 64.0 Å². The second kappa shape index (κ2) is 6.00. The Hall–Kier alpha value is -1.65. The number of amides is 1. The molecule has 1 N–H and O–H groups in total. The van der Waals surface area contributed by atoms with Gasteiger partial charge in [-0.3, -0.25) is 9.59 Å². The Bertz CT molecular complexity index is 569. The number of aromatic nitrogens is 2. The van der Waals surface area contributed by atoms with E-state index in [0.29, 0.717) is 0 Å².